The zero-order chi connectivity index (χ0) is 14.4. The van der Waals surface area contributed by atoms with Crippen LogP contribution in [0.25, 0.3) is 0 Å². The van der Waals surface area contributed by atoms with Gasteiger partial charge in [0.1, 0.15) is 12.3 Å². The number of carbonyl (C=O) groups is 2. The number of nitrogens with zero attached hydrogens (tertiary/aromatic N) is 1. The van der Waals surface area contributed by atoms with Gasteiger partial charge in [0.05, 0.1) is 12.5 Å². The van der Waals surface area contributed by atoms with Crippen LogP contribution in [0.5, 0.6) is 5.75 Å². The second kappa shape index (κ2) is 6.78. The summed E-state index contributed by atoms with van der Waals surface area (Å²) < 4.78 is 5.54. The van der Waals surface area contributed by atoms with Crippen molar-refractivity contribution in [1.82, 2.24) is 4.90 Å². The summed E-state index contributed by atoms with van der Waals surface area (Å²) in [6, 6.07) is 7.26. The SMILES string of the molecule is CC(C)Oc1cccc(CC(=O)N(C)CC(=O)O)c1. The Bertz CT molecular complexity index is 457. The fraction of sp³-hybridized carbons (Fsp3) is 0.429. The number of carbonyl (C=O) groups excluding carboxylic acids is 1. The first kappa shape index (κ1) is 15.0. The molecule has 0 heterocycles. The van der Waals surface area contributed by atoms with E-state index < -0.39 is 5.97 Å². The Morgan fingerprint density at radius 3 is 2.63 bits per heavy atom. The van der Waals surface area contributed by atoms with Crippen LogP contribution in [0.2, 0.25) is 0 Å². The molecule has 1 aromatic rings. The Morgan fingerprint density at radius 2 is 2.05 bits per heavy atom. The lowest BCUT2D eigenvalue weighted by Crippen LogP contribution is -2.33. The fourth-order valence-corrected chi connectivity index (χ4v) is 1.60. The largest absolute Gasteiger partial charge is 0.491 e. The average molecular weight is 265 g/mol. The van der Waals surface area contributed by atoms with Crippen molar-refractivity contribution in [3.8, 4) is 5.75 Å². The highest BCUT2D eigenvalue weighted by Gasteiger charge is 2.13. The molecule has 5 nitrogen and oxygen atoms in total. The van der Waals surface area contributed by atoms with Crippen molar-refractivity contribution < 1.29 is 19.4 Å². The molecule has 0 saturated carbocycles. The molecule has 0 aliphatic rings. The van der Waals surface area contributed by atoms with Crippen molar-refractivity contribution in [3.05, 3.63) is 29.8 Å². The molecule has 0 atom stereocenters. The van der Waals surface area contributed by atoms with E-state index >= 15 is 0 Å². The molecular formula is C14H19NO4. The molecule has 0 radical (unpaired) electrons. The van der Waals surface area contributed by atoms with Crippen LogP contribution in [0.3, 0.4) is 0 Å². The minimum Gasteiger partial charge on any atom is -0.491 e. The summed E-state index contributed by atoms with van der Waals surface area (Å²) >= 11 is 0. The number of carboxylic acids is 1. The topological polar surface area (TPSA) is 66.8 Å². The van der Waals surface area contributed by atoms with E-state index in [0.717, 1.165) is 5.56 Å². The normalized spacial score (nSPS) is 10.3. The van der Waals surface area contributed by atoms with E-state index in [9.17, 15) is 9.59 Å². The molecule has 0 saturated heterocycles. The predicted molar refractivity (Wildman–Crippen MR) is 71.2 cm³/mol. The average Bonchev–Trinajstić information content (AvgIpc) is 2.27. The predicted octanol–water partition coefficient (Wildman–Crippen LogP) is 1.56. The Hall–Kier alpha value is -2.04. The summed E-state index contributed by atoms with van der Waals surface area (Å²) in [5.74, 6) is -0.543. The molecule has 1 N–H and O–H groups in total. The van der Waals surface area contributed by atoms with Gasteiger partial charge in [-0.25, -0.2) is 0 Å². The number of hydrogen-bond acceptors (Lipinski definition) is 3. The summed E-state index contributed by atoms with van der Waals surface area (Å²) in [5.41, 5.74) is 0.806. The van der Waals surface area contributed by atoms with Crippen LogP contribution in [0.15, 0.2) is 24.3 Å². The van der Waals surface area contributed by atoms with Gasteiger partial charge < -0.3 is 14.7 Å². The lowest BCUT2D eigenvalue weighted by Gasteiger charge is -2.15. The van der Waals surface area contributed by atoms with Crippen LogP contribution >= 0.6 is 0 Å². The number of amides is 1. The molecule has 0 aliphatic heterocycles. The summed E-state index contributed by atoms with van der Waals surface area (Å²) in [7, 11) is 1.48. The van der Waals surface area contributed by atoms with E-state index in [4.69, 9.17) is 9.84 Å². The first-order valence-electron chi connectivity index (χ1n) is 6.10. The maximum Gasteiger partial charge on any atom is 0.323 e. The van der Waals surface area contributed by atoms with Crippen molar-refractivity contribution in [1.29, 1.82) is 0 Å². The van der Waals surface area contributed by atoms with Crippen LogP contribution in [0.4, 0.5) is 0 Å². The quantitative estimate of drug-likeness (QED) is 0.847. The van der Waals surface area contributed by atoms with E-state index in [1.165, 1.54) is 11.9 Å². The third kappa shape index (κ3) is 5.42. The third-order valence-corrected chi connectivity index (χ3v) is 2.42. The number of likely N-dealkylation sites (N-methyl/N-ethyl adjacent to an activating group) is 1. The maximum absolute atomic E-state index is 11.8. The van der Waals surface area contributed by atoms with Gasteiger partial charge in [0, 0.05) is 7.05 Å². The second-order valence-electron chi connectivity index (χ2n) is 4.63. The standard InChI is InChI=1S/C14H19NO4/c1-10(2)19-12-6-4-5-11(7-12)8-13(16)15(3)9-14(17)18/h4-7,10H,8-9H2,1-3H3,(H,17,18). The van der Waals surface area contributed by atoms with Crippen molar-refractivity contribution in [2.24, 2.45) is 0 Å². The first-order valence-corrected chi connectivity index (χ1v) is 6.10. The molecule has 1 aromatic carbocycles. The van der Waals surface area contributed by atoms with E-state index in [0.29, 0.717) is 5.75 Å². The van der Waals surface area contributed by atoms with Gasteiger partial charge in [-0.15, -0.1) is 0 Å². The van der Waals surface area contributed by atoms with Crippen molar-refractivity contribution in [2.75, 3.05) is 13.6 Å². The lowest BCUT2D eigenvalue weighted by molar-refractivity contribution is -0.143. The number of ether oxygens (including phenoxy) is 1. The van der Waals surface area contributed by atoms with Gasteiger partial charge in [-0.2, -0.15) is 0 Å². The van der Waals surface area contributed by atoms with Crippen molar-refractivity contribution in [2.45, 2.75) is 26.4 Å². The van der Waals surface area contributed by atoms with Crippen molar-refractivity contribution in [3.63, 3.8) is 0 Å². The van der Waals surface area contributed by atoms with Crippen LogP contribution in [-0.2, 0) is 16.0 Å². The van der Waals surface area contributed by atoms with E-state index in [1.54, 1.807) is 6.07 Å². The van der Waals surface area contributed by atoms with Gasteiger partial charge in [0.15, 0.2) is 0 Å². The van der Waals surface area contributed by atoms with Gasteiger partial charge in [0.25, 0.3) is 0 Å². The van der Waals surface area contributed by atoms with E-state index in [1.807, 2.05) is 32.0 Å². The van der Waals surface area contributed by atoms with Crippen LogP contribution in [0.1, 0.15) is 19.4 Å². The highest BCUT2D eigenvalue weighted by Crippen LogP contribution is 2.15. The number of aliphatic carboxylic acids is 1. The maximum atomic E-state index is 11.8. The van der Waals surface area contributed by atoms with Gasteiger partial charge >= 0.3 is 5.97 Å². The van der Waals surface area contributed by atoms with E-state index in [2.05, 4.69) is 0 Å². The molecule has 0 aromatic heterocycles. The Balaban J connectivity index is 2.66. The molecular weight excluding hydrogens is 246 g/mol. The lowest BCUT2D eigenvalue weighted by atomic mass is 10.1. The van der Waals surface area contributed by atoms with Gasteiger partial charge in [-0.3, -0.25) is 9.59 Å². The van der Waals surface area contributed by atoms with Crippen LogP contribution in [0, 0.1) is 0 Å². The van der Waals surface area contributed by atoms with Crippen LogP contribution in [-0.4, -0.2) is 41.6 Å². The zero-order valence-electron chi connectivity index (χ0n) is 11.4. The fourth-order valence-electron chi connectivity index (χ4n) is 1.60. The van der Waals surface area contributed by atoms with Crippen LogP contribution < -0.4 is 4.74 Å². The molecule has 0 unspecified atom stereocenters. The minimum atomic E-state index is -1.02. The number of rotatable bonds is 6. The molecule has 5 heteroatoms. The highest BCUT2D eigenvalue weighted by atomic mass is 16.5. The monoisotopic (exact) mass is 265 g/mol. The molecule has 1 amide bonds. The number of benzene rings is 1. The molecule has 1 rings (SSSR count). The Morgan fingerprint density at radius 1 is 1.37 bits per heavy atom. The van der Waals surface area contributed by atoms with E-state index in [-0.39, 0.29) is 25.0 Å². The Labute approximate surface area is 112 Å². The smallest absolute Gasteiger partial charge is 0.323 e. The molecule has 0 bridgehead atoms. The second-order valence-corrected chi connectivity index (χ2v) is 4.63. The molecule has 0 fully saturated rings. The first-order chi connectivity index (χ1) is 8.88. The molecule has 19 heavy (non-hydrogen) atoms. The number of carboxylic acid groups (broad SMARTS) is 1. The third-order valence-electron chi connectivity index (χ3n) is 2.42. The molecule has 0 spiro atoms. The summed E-state index contributed by atoms with van der Waals surface area (Å²) in [6.07, 6.45) is 0.236. The zero-order valence-corrected chi connectivity index (χ0v) is 11.4. The summed E-state index contributed by atoms with van der Waals surface area (Å²) in [6.45, 7) is 3.57. The molecule has 0 aliphatic carbocycles. The molecule has 104 valence electrons. The number of hydrogen-bond donors (Lipinski definition) is 1. The summed E-state index contributed by atoms with van der Waals surface area (Å²) in [4.78, 5) is 23.5. The van der Waals surface area contributed by atoms with Gasteiger partial charge in [-0.05, 0) is 31.5 Å². The van der Waals surface area contributed by atoms with Crippen molar-refractivity contribution >= 4 is 11.9 Å². The minimum absolute atomic E-state index is 0.0700. The summed E-state index contributed by atoms with van der Waals surface area (Å²) in [5, 5.41) is 8.63. The highest BCUT2D eigenvalue weighted by molar-refractivity contribution is 5.82. The van der Waals surface area contributed by atoms with Gasteiger partial charge in [-0.1, -0.05) is 12.1 Å². The van der Waals surface area contributed by atoms with Gasteiger partial charge in [0.2, 0.25) is 5.91 Å². The Kier molecular flexibility index (Phi) is 5.36.